The van der Waals surface area contributed by atoms with Crippen LogP contribution in [0.5, 0.6) is 0 Å². The lowest BCUT2D eigenvalue weighted by molar-refractivity contribution is -0.379. The molecular formula is C72H133NO18. The van der Waals surface area contributed by atoms with Crippen LogP contribution in [0.4, 0.5) is 0 Å². The first kappa shape index (κ1) is 83.2. The van der Waals surface area contributed by atoms with Crippen molar-refractivity contribution in [3.05, 3.63) is 36.5 Å². The van der Waals surface area contributed by atoms with Crippen molar-refractivity contribution in [2.75, 3.05) is 26.4 Å². The summed E-state index contributed by atoms with van der Waals surface area (Å²) in [5.41, 5.74) is 0. The molecule has 0 saturated carbocycles. The lowest BCUT2D eigenvalue weighted by Gasteiger charge is -2.48. The van der Waals surface area contributed by atoms with Crippen molar-refractivity contribution in [1.82, 2.24) is 5.32 Å². The van der Waals surface area contributed by atoms with Gasteiger partial charge < -0.3 is 89.9 Å². The number of carbonyl (C=O) groups excluding carboxylic acids is 1. The lowest BCUT2D eigenvalue weighted by Crippen LogP contribution is -2.66. The number of nitrogens with one attached hydrogen (secondary N) is 1. The van der Waals surface area contributed by atoms with Crippen LogP contribution in [0.1, 0.15) is 284 Å². The summed E-state index contributed by atoms with van der Waals surface area (Å²) in [6.45, 7) is 1.67. The van der Waals surface area contributed by atoms with E-state index in [2.05, 4.69) is 43.5 Å². The summed E-state index contributed by atoms with van der Waals surface area (Å²) in [6.07, 6.45) is 37.3. The Morgan fingerprint density at radius 1 is 0.396 bits per heavy atom. The Kier molecular flexibility index (Phi) is 49.5. The molecule has 91 heavy (non-hydrogen) atoms. The molecular weight excluding hydrogens is 1170 g/mol. The second-order valence-electron chi connectivity index (χ2n) is 26.4. The summed E-state index contributed by atoms with van der Waals surface area (Å²) in [5.74, 6) is -0.289. The minimum Gasteiger partial charge on any atom is -0.394 e. The van der Waals surface area contributed by atoms with E-state index >= 15 is 0 Å². The largest absolute Gasteiger partial charge is 0.394 e. The van der Waals surface area contributed by atoms with Crippen molar-refractivity contribution < 1.29 is 89.4 Å². The van der Waals surface area contributed by atoms with Gasteiger partial charge >= 0.3 is 0 Å². The Morgan fingerprint density at radius 2 is 0.747 bits per heavy atom. The summed E-state index contributed by atoms with van der Waals surface area (Å²) in [7, 11) is 0. The van der Waals surface area contributed by atoms with Crippen molar-refractivity contribution in [3.8, 4) is 0 Å². The van der Waals surface area contributed by atoms with Gasteiger partial charge in [0, 0.05) is 6.42 Å². The molecule has 0 radical (unpaired) electrons. The highest BCUT2D eigenvalue weighted by Crippen LogP contribution is 2.33. The monoisotopic (exact) mass is 1300 g/mol. The van der Waals surface area contributed by atoms with Gasteiger partial charge in [0.1, 0.15) is 73.2 Å². The van der Waals surface area contributed by atoms with Crippen LogP contribution in [0.15, 0.2) is 36.5 Å². The first-order valence-corrected chi connectivity index (χ1v) is 36.7. The van der Waals surface area contributed by atoms with Gasteiger partial charge in [-0.1, -0.05) is 269 Å². The number of carbonyl (C=O) groups is 1. The number of rotatable bonds is 57. The van der Waals surface area contributed by atoms with Gasteiger partial charge in [0.2, 0.25) is 5.91 Å². The standard InChI is InChI=1S/C72H133NO18/c1-3-5-7-9-11-13-15-17-18-19-20-21-22-23-24-25-26-27-28-29-30-31-32-33-34-35-36-38-39-41-43-45-47-49-56(77)55(73-60(78)50-48-46-44-42-40-37-16-14-12-10-8-6-4-2)54-86-70-66(84)63(81)68(58(52-75)88-70)91-72-67(85)64(82)69(59(53-76)89-72)90-71-65(83)62(80)61(79)57(51-74)87-71/h8,10,14,16,47,49,55-59,61-72,74-77,79-85H,3-7,9,11-13,15,17-46,48,50-54H2,1-2H3,(H,73,78)/b10-8-,16-14-,49-47+. The van der Waals surface area contributed by atoms with Crippen LogP contribution in [0.3, 0.4) is 0 Å². The van der Waals surface area contributed by atoms with Gasteiger partial charge in [0.05, 0.1) is 38.6 Å². The van der Waals surface area contributed by atoms with E-state index in [4.69, 9.17) is 28.4 Å². The number of hydrogen-bond donors (Lipinski definition) is 12. The summed E-state index contributed by atoms with van der Waals surface area (Å²) < 4.78 is 34.3. The molecule has 3 fully saturated rings. The SMILES string of the molecule is CCC/C=C\C/C=C\CCCCCCCC(=O)NC(COC1OC(CO)C(OC2OC(CO)C(OC3OC(CO)C(O)C(O)C3O)C(O)C2O)C(O)C1O)C(O)/C=C/CCCCCCCCCCCCCCCCCCCCCCCCCCCCCCCCC. The van der Waals surface area contributed by atoms with Gasteiger partial charge in [-0.3, -0.25) is 4.79 Å². The van der Waals surface area contributed by atoms with Gasteiger partial charge in [-0.05, 0) is 44.9 Å². The highest BCUT2D eigenvalue weighted by Gasteiger charge is 2.53. The van der Waals surface area contributed by atoms with E-state index in [0.717, 1.165) is 77.0 Å². The van der Waals surface area contributed by atoms with Gasteiger partial charge in [-0.25, -0.2) is 0 Å². The van der Waals surface area contributed by atoms with Crippen LogP contribution >= 0.6 is 0 Å². The maximum atomic E-state index is 13.4. The number of allylic oxidation sites excluding steroid dienone is 5. The van der Waals surface area contributed by atoms with Crippen molar-refractivity contribution in [2.45, 2.75) is 388 Å². The molecule has 0 spiro atoms. The predicted molar refractivity (Wildman–Crippen MR) is 356 cm³/mol. The molecule has 0 bridgehead atoms. The predicted octanol–water partition coefficient (Wildman–Crippen LogP) is 10.4. The van der Waals surface area contributed by atoms with Crippen molar-refractivity contribution >= 4 is 5.91 Å². The van der Waals surface area contributed by atoms with Gasteiger partial charge in [-0.15, -0.1) is 0 Å². The molecule has 0 aromatic carbocycles. The molecule has 3 rings (SSSR count). The zero-order valence-corrected chi connectivity index (χ0v) is 56.6. The van der Waals surface area contributed by atoms with E-state index in [0.29, 0.717) is 6.42 Å². The highest BCUT2D eigenvalue weighted by atomic mass is 16.8. The first-order chi connectivity index (χ1) is 44.3. The third kappa shape index (κ3) is 35.7. The van der Waals surface area contributed by atoms with Crippen LogP contribution < -0.4 is 5.32 Å². The molecule has 3 aliphatic heterocycles. The molecule has 19 heteroatoms. The zero-order valence-electron chi connectivity index (χ0n) is 56.6. The lowest BCUT2D eigenvalue weighted by atomic mass is 9.96. The Labute approximate surface area is 549 Å². The molecule has 17 unspecified atom stereocenters. The summed E-state index contributed by atoms with van der Waals surface area (Å²) in [4.78, 5) is 13.4. The first-order valence-electron chi connectivity index (χ1n) is 36.7. The quantitative estimate of drug-likeness (QED) is 0.0199. The third-order valence-electron chi connectivity index (χ3n) is 18.4. The molecule has 0 aliphatic carbocycles. The zero-order chi connectivity index (χ0) is 66.1. The molecule has 3 saturated heterocycles. The van der Waals surface area contributed by atoms with E-state index in [1.807, 2.05) is 6.08 Å². The number of aliphatic hydroxyl groups excluding tert-OH is 11. The number of ether oxygens (including phenoxy) is 6. The van der Waals surface area contributed by atoms with Gasteiger partial charge in [0.15, 0.2) is 18.9 Å². The minimum atomic E-state index is -1.98. The molecule has 0 aromatic heterocycles. The fourth-order valence-corrected chi connectivity index (χ4v) is 12.5. The Bertz CT molecular complexity index is 1790. The average Bonchev–Trinajstić information content (AvgIpc) is 0.877. The summed E-state index contributed by atoms with van der Waals surface area (Å²) >= 11 is 0. The summed E-state index contributed by atoms with van der Waals surface area (Å²) in [5, 5.41) is 120. The second kappa shape index (κ2) is 54.1. The minimum absolute atomic E-state index is 0.227. The Morgan fingerprint density at radius 3 is 1.16 bits per heavy atom. The number of amides is 1. The van der Waals surface area contributed by atoms with Crippen LogP contribution in [0.2, 0.25) is 0 Å². The number of hydrogen-bond acceptors (Lipinski definition) is 18. The molecule has 12 N–H and O–H groups in total. The normalized spacial score (nSPS) is 28.0. The highest BCUT2D eigenvalue weighted by molar-refractivity contribution is 5.76. The second-order valence-corrected chi connectivity index (χ2v) is 26.4. The molecule has 17 atom stereocenters. The van der Waals surface area contributed by atoms with Crippen molar-refractivity contribution in [1.29, 1.82) is 0 Å². The Balaban J connectivity index is 1.36. The number of unbranched alkanes of at least 4 members (excludes halogenated alkanes) is 37. The molecule has 19 nitrogen and oxygen atoms in total. The topological polar surface area (TPSA) is 307 Å². The van der Waals surface area contributed by atoms with Crippen molar-refractivity contribution in [3.63, 3.8) is 0 Å². The van der Waals surface area contributed by atoms with Crippen LogP contribution in [-0.2, 0) is 33.2 Å². The van der Waals surface area contributed by atoms with E-state index in [1.165, 1.54) is 180 Å². The number of aliphatic hydroxyl groups is 11. The van der Waals surface area contributed by atoms with E-state index in [1.54, 1.807) is 6.08 Å². The third-order valence-corrected chi connectivity index (χ3v) is 18.4. The average molecular weight is 1300 g/mol. The molecule has 3 aliphatic rings. The van der Waals surface area contributed by atoms with Crippen LogP contribution in [0.25, 0.3) is 0 Å². The van der Waals surface area contributed by atoms with Gasteiger partial charge in [-0.2, -0.15) is 0 Å². The van der Waals surface area contributed by atoms with Crippen molar-refractivity contribution in [2.24, 2.45) is 0 Å². The molecule has 534 valence electrons. The van der Waals surface area contributed by atoms with E-state index < -0.39 is 124 Å². The molecule has 3 heterocycles. The molecule has 0 aromatic rings. The fraction of sp³-hybridized carbons (Fsp3) is 0.903. The molecule has 1 amide bonds. The maximum absolute atomic E-state index is 13.4. The Hall–Kier alpha value is -1.99. The van der Waals surface area contributed by atoms with Crippen LogP contribution in [-0.4, -0.2) is 193 Å². The fourth-order valence-electron chi connectivity index (χ4n) is 12.5. The van der Waals surface area contributed by atoms with Gasteiger partial charge in [0.25, 0.3) is 0 Å². The smallest absolute Gasteiger partial charge is 0.220 e. The summed E-state index contributed by atoms with van der Waals surface area (Å²) in [6, 6.07) is -0.981. The van der Waals surface area contributed by atoms with E-state index in [-0.39, 0.29) is 18.9 Å². The van der Waals surface area contributed by atoms with Crippen LogP contribution in [0, 0.1) is 0 Å². The maximum Gasteiger partial charge on any atom is 0.220 e. The van der Waals surface area contributed by atoms with E-state index in [9.17, 15) is 61.0 Å².